The number of ether oxygens (including phenoxy) is 1. The highest BCUT2D eigenvalue weighted by Gasteiger charge is 2.53. The molecule has 2 unspecified atom stereocenters. The highest BCUT2D eigenvalue weighted by atomic mass is 19.3. The van der Waals surface area contributed by atoms with Gasteiger partial charge in [-0.25, -0.2) is 9.18 Å². The normalized spacial score (nSPS) is 14.3. The van der Waals surface area contributed by atoms with Crippen LogP contribution in [0.2, 0.25) is 0 Å². The van der Waals surface area contributed by atoms with Gasteiger partial charge in [-0.1, -0.05) is 25.1 Å². The first kappa shape index (κ1) is 18.2. The van der Waals surface area contributed by atoms with Crippen LogP contribution in [0.25, 0.3) is 0 Å². The number of carbonyl (C=O) groups is 2. The molecule has 0 N–H and O–H groups in total. The van der Waals surface area contributed by atoms with Gasteiger partial charge in [0.1, 0.15) is 11.6 Å². The number of halogens is 3. The summed E-state index contributed by atoms with van der Waals surface area (Å²) in [6, 6.07) is 4.35. The molecule has 1 rings (SSSR count). The van der Waals surface area contributed by atoms with E-state index in [1.807, 2.05) is 0 Å². The van der Waals surface area contributed by atoms with Gasteiger partial charge in [0.25, 0.3) is 0 Å². The summed E-state index contributed by atoms with van der Waals surface area (Å²) in [5.41, 5.74) is 0.260. The number of benzene rings is 1. The molecule has 0 aliphatic rings. The lowest BCUT2D eigenvalue weighted by Gasteiger charge is -2.28. The van der Waals surface area contributed by atoms with Gasteiger partial charge < -0.3 is 4.74 Å². The second kappa shape index (κ2) is 6.94. The average molecular weight is 316 g/mol. The van der Waals surface area contributed by atoms with Gasteiger partial charge in [-0.15, -0.1) is 0 Å². The van der Waals surface area contributed by atoms with Crippen molar-refractivity contribution in [3.8, 4) is 0 Å². The molecule has 122 valence electrons. The molecule has 3 nitrogen and oxygen atoms in total. The van der Waals surface area contributed by atoms with Crippen LogP contribution in [0.5, 0.6) is 0 Å². The molecule has 0 bridgehead atoms. The first-order valence-corrected chi connectivity index (χ1v) is 6.95. The Morgan fingerprint density at radius 2 is 1.91 bits per heavy atom. The van der Waals surface area contributed by atoms with Crippen LogP contribution in [0.4, 0.5) is 13.2 Å². The monoisotopic (exact) mass is 316 g/mol. The fourth-order valence-corrected chi connectivity index (χ4v) is 2.48. The van der Waals surface area contributed by atoms with Crippen molar-refractivity contribution in [1.82, 2.24) is 0 Å². The van der Waals surface area contributed by atoms with Crippen LogP contribution in [0.3, 0.4) is 0 Å². The fourth-order valence-electron chi connectivity index (χ4n) is 2.48. The van der Waals surface area contributed by atoms with Crippen LogP contribution in [0.15, 0.2) is 18.2 Å². The minimum absolute atomic E-state index is 0.0239. The zero-order valence-corrected chi connectivity index (χ0v) is 13.0. The molecule has 0 saturated heterocycles. The summed E-state index contributed by atoms with van der Waals surface area (Å²) in [6.07, 6.45) is 0. The van der Waals surface area contributed by atoms with Crippen molar-refractivity contribution >= 4 is 11.8 Å². The Hall–Kier alpha value is -1.85. The smallest absolute Gasteiger partial charge is 0.377 e. The summed E-state index contributed by atoms with van der Waals surface area (Å²) in [5, 5.41) is 0. The molecule has 0 fully saturated rings. The average Bonchev–Trinajstić information content (AvgIpc) is 2.41. The van der Waals surface area contributed by atoms with Crippen molar-refractivity contribution in [3.63, 3.8) is 0 Å². The van der Waals surface area contributed by atoms with E-state index < -0.39 is 35.3 Å². The van der Waals surface area contributed by atoms with Crippen LogP contribution < -0.4 is 0 Å². The molecule has 0 radical (unpaired) electrons. The second-order valence-corrected chi connectivity index (χ2v) is 5.20. The maximum atomic E-state index is 14.3. The largest absolute Gasteiger partial charge is 0.462 e. The highest BCUT2D eigenvalue weighted by molar-refractivity contribution is 5.89. The van der Waals surface area contributed by atoms with E-state index >= 15 is 0 Å². The molecule has 0 spiro atoms. The van der Waals surface area contributed by atoms with E-state index in [1.54, 1.807) is 0 Å². The lowest BCUT2D eigenvalue weighted by atomic mass is 9.80. The molecule has 0 amide bonds. The number of esters is 1. The Kier molecular flexibility index (Phi) is 5.74. The minimum Gasteiger partial charge on any atom is -0.462 e. The summed E-state index contributed by atoms with van der Waals surface area (Å²) in [7, 11) is 0. The number of ketones is 1. The Morgan fingerprint density at radius 1 is 1.32 bits per heavy atom. The summed E-state index contributed by atoms with van der Waals surface area (Å²) >= 11 is 0. The molecular weight excluding hydrogens is 297 g/mol. The lowest BCUT2D eigenvalue weighted by Crippen LogP contribution is -2.44. The van der Waals surface area contributed by atoms with E-state index in [-0.39, 0.29) is 17.7 Å². The number of rotatable bonds is 6. The predicted octanol–water partition coefficient (Wildman–Crippen LogP) is 3.64. The van der Waals surface area contributed by atoms with Gasteiger partial charge in [0.2, 0.25) is 0 Å². The van der Waals surface area contributed by atoms with E-state index in [1.165, 1.54) is 39.0 Å². The molecule has 2 atom stereocenters. The van der Waals surface area contributed by atoms with E-state index in [9.17, 15) is 22.8 Å². The standard InChI is InChI=1S/C16H19F3O3/c1-5-22-15(21)16(18,19)13(11(4)20)10(3)12-8-6-7-9(2)14(12)17/h6-8,10,13H,5H2,1-4H3. The van der Waals surface area contributed by atoms with Crippen molar-refractivity contribution in [1.29, 1.82) is 0 Å². The summed E-state index contributed by atoms with van der Waals surface area (Å²) in [6.45, 7) is 4.92. The Bertz CT molecular complexity index is 570. The first-order valence-electron chi connectivity index (χ1n) is 6.95. The summed E-state index contributed by atoms with van der Waals surface area (Å²) in [4.78, 5) is 23.2. The fraction of sp³-hybridized carbons (Fsp3) is 0.500. The maximum absolute atomic E-state index is 14.3. The number of Topliss-reactive ketones (excluding diaryl/α,β-unsaturated/α-hetero) is 1. The molecule has 0 aliphatic heterocycles. The predicted molar refractivity (Wildman–Crippen MR) is 75.3 cm³/mol. The zero-order valence-electron chi connectivity index (χ0n) is 13.0. The van der Waals surface area contributed by atoms with E-state index in [2.05, 4.69) is 4.74 Å². The lowest BCUT2D eigenvalue weighted by molar-refractivity contribution is -0.183. The Labute approximate surface area is 127 Å². The van der Waals surface area contributed by atoms with E-state index in [0.717, 1.165) is 6.92 Å². The van der Waals surface area contributed by atoms with Crippen molar-refractivity contribution in [2.24, 2.45) is 5.92 Å². The quantitative estimate of drug-likeness (QED) is 0.753. The van der Waals surface area contributed by atoms with Gasteiger partial charge in [0, 0.05) is 5.92 Å². The summed E-state index contributed by atoms with van der Waals surface area (Å²) in [5.74, 6) is -10.5. The minimum atomic E-state index is -4.02. The third-order valence-corrected chi connectivity index (χ3v) is 3.59. The van der Waals surface area contributed by atoms with Crippen LogP contribution in [0, 0.1) is 18.7 Å². The molecule has 0 heterocycles. The van der Waals surface area contributed by atoms with Crippen molar-refractivity contribution in [3.05, 3.63) is 35.1 Å². The third kappa shape index (κ3) is 3.48. The van der Waals surface area contributed by atoms with E-state index in [4.69, 9.17) is 0 Å². The topological polar surface area (TPSA) is 43.4 Å². The number of aryl methyl sites for hydroxylation is 1. The number of carbonyl (C=O) groups excluding carboxylic acids is 2. The van der Waals surface area contributed by atoms with Gasteiger partial charge in [-0.3, -0.25) is 4.79 Å². The number of hydrogen-bond acceptors (Lipinski definition) is 3. The highest BCUT2D eigenvalue weighted by Crippen LogP contribution is 2.39. The van der Waals surface area contributed by atoms with Crippen LogP contribution in [-0.4, -0.2) is 24.3 Å². The van der Waals surface area contributed by atoms with Gasteiger partial charge in [0.05, 0.1) is 12.5 Å². The molecular formula is C16H19F3O3. The van der Waals surface area contributed by atoms with Crippen molar-refractivity contribution in [2.45, 2.75) is 39.5 Å². The first-order chi connectivity index (χ1) is 10.1. The van der Waals surface area contributed by atoms with Gasteiger partial charge >= 0.3 is 11.9 Å². The molecule has 0 aromatic heterocycles. The number of alkyl halides is 2. The van der Waals surface area contributed by atoms with Gasteiger partial charge in [-0.05, 0) is 31.9 Å². The Balaban J connectivity index is 3.28. The van der Waals surface area contributed by atoms with Crippen LogP contribution in [-0.2, 0) is 14.3 Å². The van der Waals surface area contributed by atoms with Crippen molar-refractivity contribution < 1.29 is 27.5 Å². The van der Waals surface area contributed by atoms with Gasteiger partial charge in [-0.2, -0.15) is 8.78 Å². The molecule has 6 heteroatoms. The SMILES string of the molecule is CCOC(=O)C(F)(F)C(C(C)=O)C(C)c1cccc(C)c1F. The molecule has 0 aliphatic carbocycles. The second-order valence-electron chi connectivity index (χ2n) is 5.20. The maximum Gasteiger partial charge on any atom is 0.377 e. The van der Waals surface area contributed by atoms with E-state index in [0.29, 0.717) is 0 Å². The number of hydrogen-bond donors (Lipinski definition) is 0. The third-order valence-electron chi connectivity index (χ3n) is 3.59. The Morgan fingerprint density at radius 3 is 2.41 bits per heavy atom. The molecule has 0 saturated carbocycles. The van der Waals surface area contributed by atoms with Crippen molar-refractivity contribution in [2.75, 3.05) is 6.61 Å². The van der Waals surface area contributed by atoms with Crippen LogP contribution >= 0.6 is 0 Å². The molecule has 22 heavy (non-hydrogen) atoms. The molecule has 1 aromatic rings. The zero-order chi connectivity index (χ0) is 17.1. The molecule has 1 aromatic carbocycles. The summed E-state index contributed by atoms with van der Waals surface area (Å²) < 4.78 is 47.0. The van der Waals surface area contributed by atoms with Gasteiger partial charge in [0.15, 0.2) is 0 Å². The van der Waals surface area contributed by atoms with Crippen LogP contribution in [0.1, 0.15) is 37.8 Å².